The lowest BCUT2D eigenvalue weighted by Gasteiger charge is -2.15. The molecule has 1 unspecified atom stereocenters. The summed E-state index contributed by atoms with van der Waals surface area (Å²) in [6.45, 7) is 12.7. The maximum atomic E-state index is 12.0. The van der Waals surface area contributed by atoms with Gasteiger partial charge in [-0.05, 0) is 41.5 Å². The van der Waals surface area contributed by atoms with Gasteiger partial charge in [0.2, 0.25) is 5.89 Å². The molecule has 2 rings (SSSR count). The smallest absolute Gasteiger partial charge is 0.350 e. The number of carbonyl (C=O) groups is 1. The number of aryl methyl sites for hydroxylation is 3. The van der Waals surface area contributed by atoms with Crippen LogP contribution in [0.1, 0.15) is 64.5 Å². The Morgan fingerprint density at radius 1 is 1.26 bits per heavy atom. The van der Waals surface area contributed by atoms with E-state index in [1.807, 2.05) is 34.6 Å². The zero-order chi connectivity index (χ0) is 20.0. The number of guanidine groups is 1. The predicted molar refractivity (Wildman–Crippen MR) is 105 cm³/mol. The molecule has 0 bridgehead atoms. The van der Waals surface area contributed by atoms with Gasteiger partial charge in [-0.3, -0.25) is 0 Å². The Morgan fingerprint density at radius 3 is 2.59 bits per heavy atom. The SMILES string of the molecule is CCNC(=NCc1nc(C)c(C)o1)NC(C)c1nc(C)c(C(=O)OCC)s1. The number of aromatic nitrogens is 2. The van der Waals surface area contributed by atoms with E-state index in [4.69, 9.17) is 9.15 Å². The normalized spacial score (nSPS) is 12.7. The number of hydrogen-bond acceptors (Lipinski definition) is 7. The number of ether oxygens (including phenoxy) is 1. The van der Waals surface area contributed by atoms with Gasteiger partial charge in [0.15, 0.2) is 5.96 Å². The van der Waals surface area contributed by atoms with Crippen molar-refractivity contribution in [1.82, 2.24) is 20.6 Å². The number of nitrogens with one attached hydrogen (secondary N) is 2. The van der Waals surface area contributed by atoms with Crippen molar-refractivity contribution in [2.45, 2.75) is 54.1 Å². The van der Waals surface area contributed by atoms with Gasteiger partial charge in [0, 0.05) is 6.54 Å². The number of oxazole rings is 1. The molecule has 0 saturated heterocycles. The lowest BCUT2D eigenvalue weighted by atomic mass is 10.3. The fourth-order valence-electron chi connectivity index (χ4n) is 2.33. The van der Waals surface area contributed by atoms with E-state index in [1.165, 1.54) is 11.3 Å². The van der Waals surface area contributed by atoms with Gasteiger partial charge in [-0.2, -0.15) is 0 Å². The molecule has 148 valence electrons. The minimum absolute atomic E-state index is 0.122. The maximum Gasteiger partial charge on any atom is 0.350 e. The highest BCUT2D eigenvalue weighted by Gasteiger charge is 2.20. The summed E-state index contributed by atoms with van der Waals surface area (Å²) in [7, 11) is 0. The van der Waals surface area contributed by atoms with Gasteiger partial charge in [0.05, 0.1) is 24.0 Å². The van der Waals surface area contributed by atoms with Crippen LogP contribution >= 0.6 is 11.3 Å². The Kier molecular flexibility index (Phi) is 7.35. The Hall–Kier alpha value is -2.42. The van der Waals surface area contributed by atoms with Crippen LogP contribution < -0.4 is 10.6 Å². The van der Waals surface area contributed by atoms with Crippen molar-refractivity contribution >= 4 is 23.3 Å². The number of rotatable bonds is 7. The van der Waals surface area contributed by atoms with Gasteiger partial charge >= 0.3 is 5.97 Å². The van der Waals surface area contributed by atoms with E-state index in [0.717, 1.165) is 16.5 Å². The van der Waals surface area contributed by atoms with E-state index in [2.05, 4.69) is 25.6 Å². The van der Waals surface area contributed by atoms with E-state index >= 15 is 0 Å². The summed E-state index contributed by atoms with van der Waals surface area (Å²) in [5, 5.41) is 7.29. The average molecular weight is 394 g/mol. The van der Waals surface area contributed by atoms with Crippen LogP contribution in [0.15, 0.2) is 9.41 Å². The van der Waals surface area contributed by atoms with Crippen LogP contribution in [0.3, 0.4) is 0 Å². The molecule has 0 aliphatic rings. The van der Waals surface area contributed by atoms with Crippen LogP contribution in [0.2, 0.25) is 0 Å². The van der Waals surface area contributed by atoms with Gasteiger partial charge in [-0.25, -0.2) is 19.8 Å². The van der Waals surface area contributed by atoms with E-state index in [1.54, 1.807) is 6.92 Å². The van der Waals surface area contributed by atoms with E-state index in [-0.39, 0.29) is 12.0 Å². The maximum absolute atomic E-state index is 12.0. The van der Waals surface area contributed by atoms with Crippen LogP contribution in [0.5, 0.6) is 0 Å². The third kappa shape index (κ3) is 5.53. The van der Waals surface area contributed by atoms with Crippen LogP contribution in [0.25, 0.3) is 0 Å². The highest BCUT2D eigenvalue weighted by Crippen LogP contribution is 2.24. The number of esters is 1. The van der Waals surface area contributed by atoms with Crippen molar-refractivity contribution in [2.75, 3.05) is 13.2 Å². The zero-order valence-electron chi connectivity index (χ0n) is 16.7. The quantitative estimate of drug-likeness (QED) is 0.423. The van der Waals surface area contributed by atoms with Crippen molar-refractivity contribution < 1.29 is 13.9 Å². The molecule has 0 aliphatic carbocycles. The molecule has 0 spiro atoms. The minimum Gasteiger partial charge on any atom is -0.462 e. The molecule has 0 fully saturated rings. The summed E-state index contributed by atoms with van der Waals surface area (Å²) in [6, 6.07) is -0.122. The zero-order valence-corrected chi connectivity index (χ0v) is 17.5. The topological polar surface area (TPSA) is 102 Å². The molecule has 8 nitrogen and oxygen atoms in total. The standard InChI is InChI=1S/C18H27N5O3S/c1-7-19-18(20-9-14-21-10(3)13(6)26-14)23-12(5)16-22-11(4)15(27-16)17(24)25-8-2/h12H,7-9H2,1-6H3,(H2,19,20,23). The monoisotopic (exact) mass is 393 g/mol. The lowest BCUT2D eigenvalue weighted by Crippen LogP contribution is -2.38. The Bertz CT molecular complexity index is 793. The van der Waals surface area contributed by atoms with Crippen molar-refractivity contribution in [1.29, 1.82) is 0 Å². The van der Waals surface area contributed by atoms with Gasteiger partial charge in [0.1, 0.15) is 22.2 Å². The molecular formula is C18H27N5O3S. The number of carbonyl (C=O) groups excluding carboxylic acids is 1. The van der Waals surface area contributed by atoms with Crippen molar-refractivity contribution in [3.63, 3.8) is 0 Å². The number of hydrogen-bond donors (Lipinski definition) is 2. The second-order valence-corrected chi connectivity index (χ2v) is 7.03. The molecule has 1 atom stereocenters. The summed E-state index contributed by atoms with van der Waals surface area (Å²) in [5.74, 6) is 1.67. The third-order valence-electron chi connectivity index (χ3n) is 3.79. The van der Waals surface area contributed by atoms with Gasteiger partial charge < -0.3 is 19.8 Å². The van der Waals surface area contributed by atoms with Crippen molar-refractivity contribution in [2.24, 2.45) is 4.99 Å². The second kappa shape index (κ2) is 9.50. The summed E-state index contributed by atoms with van der Waals surface area (Å²) in [6.07, 6.45) is 0. The lowest BCUT2D eigenvalue weighted by molar-refractivity contribution is 0.0531. The molecule has 2 aromatic rings. The van der Waals surface area contributed by atoms with Gasteiger partial charge in [-0.1, -0.05) is 0 Å². The highest BCUT2D eigenvalue weighted by atomic mass is 32.1. The van der Waals surface area contributed by atoms with Crippen LogP contribution in [-0.2, 0) is 11.3 Å². The minimum atomic E-state index is -0.332. The van der Waals surface area contributed by atoms with Crippen LogP contribution in [-0.4, -0.2) is 35.0 Å². The van der Waals surface area contributed by atoms with E-state index in [0.29, 0.717) is 42.1 Å². The van der Waals surface area contributed by atoms with Crippen LogP contribution in [0.4, 0.5) is 0 Å². The predicted octanol–water partition coefficient (Wildman–Crippen LogP) is 3.05. The largest absolute Gasteiger partial charge is 0.462 e. The molecule has 0 aromatic carbocycles. The van der Waals surface area contributed by atoms with Gasteiger partial charge in [-0.15, -0.1) is 11.3 Å². The first-order valence-corrected chi connectivity index (χ1v) is 9.79. The van der Waals surface area contributed by atoms with Crippen molar-refractivity contribution in [3.8, 4) is 0 Å². The fraction of sp³-hybridized carbons (Fsp3) is 0.556. The highest BCUT2D eigenvalue weighted by molar-refractivity contribution is 7.13. The number of thiazole rings is 1. The summed E-state index contributed by atoms with van der Waals surface area (Å²) >= 11 is 1.33. The fourth-order valence-corrected chi connectivity index (χ4v) is 3.29. The molecule has 27 heavy (non-hydrogen) atoms. The van der Waals surface area contributed by atoms with E-state index in [9.17, 15) is 4.79 Å². The van der Waals surface area contributed by atoms with Crippen molar-refractivity contribution in [3.05, 3.63) is 32.9 Å². The summed E-state index contributed by atoms with van der Waals surface area (Å²) in [5.41, 5.74) is 1.55. The number of nitrogens with zero attached hydrogens (tertiary/aromatic N) is 3. The molecule has 0 saturated carbocycles. The van der Waals surface area contributed by atoms with Gasteiger partial charge in [0.25, 0.3) is 0 Å². The Balaban J connectivity index is 2.09. The summed E-state index contributed by atoms with van der Waals surface area (Å²) in [4.78, 5) is 25.9. The first kappa shape index (κ1) is 20.9. The molecular weight excluding hydrogens is 366 g/mol. The van der Waals surface area contributed by atoms with E-state index < -0.39 is 0 Å². The van der Waals surface area contributed by atoms with Crippen LogP contribution in [0, 0.1) is 20.8 Å². The Labute approximate surface area is 163 Å². The first-order chi connectivity index (χ1) is 12.8. The Morgan fingerprint density at radius 2 is 2.00 bits per heavy atom. The first-order valence-electron chi connectivity index (χ1n) is 8.97. The summed E-state index contributed by atoms with van der Waals surface area (Å²) < 4.78 is 10.6. The molecule has 2 N–H and O–H groups in total. The second-order valence-electron chi connectivity index (χ2n) is 6.00. The average Bonchev–Trinajstić information content (AvgIpc) is 3.16. The molecule has 0 amide bonds. The molecule has 0 radical (unpaired) electrons. The molecule has 0 aliphatic heterocycles. The molecule has 2 aromatic heterocycles. The number of aliphatic imine (C=N–C) groups is 1. The molecule has 9 heteroatoms. The third-order valence-corrected chi connectivity index (χ3v) is 5.11. The molecule has 2 heterocycles.